The van der Waals surface area contributed by atoms with Gasteiger partial charge in [-0.25, -0.2) is 0 Å². The van der Waals surface area contributed by atoms with Crippen LogP contribution in [0, 0.1) is 0 Å². The highest BCUT2D eigenvalue weighted by Gasteiger charge is 2.06. The summed E-state index contributed by atoms with van der Waals surface area (Å²) in [4.78, 5) is 11.0. The number of hydrogen-bond donors (Lipinski definition) is 1. The molecule has 2 rings (SSSR count). The van der Waals surface area contributed by atoms with Crippen LogP contribution in [0.1, 0.15) is 44.2 Å². The van der Waals surface area contributed by atoms with E-state index in [-0.39, 0.29) is 13.3 Å². The van der Waals surface area contributed by atoms with Crippen molar-refractivity contribution in [3.63, 3.8) is 0 Å². The van der Waals surface area contributed by atoms with Crippen LogP contribution < -0.4 is 5.73 Å². The van der Waals surface area contributed by atoms with Crippen molar-refractivity contribution in [2.45, 2.75) is 34.6 Å². The predicted octanol–water partition coefficient (Wildman–Crippen LogP) is 3.50. The maximum atomic E-state index is 11.0. The summed E-state index contributed by atoms with van der Waals surface area (Å²) in [5, 5.41) is 1.07. The second-order valence-electron chi connectivity index (χ2n) is 3.69. The predicted molar refractivity (Wildman–Crippen MR) is 78.9 cm³/mol. The normalized spacial score (nSPS) is 9.33. The first kappa shape index (κ1) is 16.2. The molecule has 0 unspecified atom stereocenters. The molecule has 3 nitrogen and oxygen atoms in total. The van der Waals surface area contributed by atoms with E-state index in [0.29, 0.717) is 5.56 Å². The summed E-state index contributed by atoms with van der Waals surface area (Å²) in [7, 11) is 2.03. The van der Waals surface area contributed by atoms with Gasteiger partial charge in [0.05, 0.1) is 0 Å². The van der Waals surface area contributed by atoms with Gasteiger partial charge < -0.3 is 10.3 Å². The molecule has 0 saturated heterocycles. The van der Waals surface area contributed by atoms with Crippen LogP contribution in [0.5, 0.6) is 0 Å². The van der Waals surface area contributed by atoms with Crippen LogP contribution in [-0.4, -0.2) is 10.5 Å². The number of benzene rings is 1. The lowest BCUT2D eigenvalue weighted by molar-refractivity contribution is 0.100. The monoisotopic (exact) mass is 248 g/mol. The summed E-state index contributed by atoms with van der Waals surface area (Å²) >= 11 is 0. The minimum Gasteiger partial charge on any atom is -0.366 e. The van der Waals surface area contributed by atoms with Crippen LogP contribution in [0.25, 0.3) is 10.9 Å². The van der Waals surface area contributed by atoms with E-state index in [1.165, 1.54) is 5.69 Å². The lowest BCUT2D eigenvalue weighted by Crippen LogP contribution is -2.10. The molecule has 3 heteroatoms. The fourth-order valence-corrected chi connectivity index (χ4v) is 1.90. The number of rotatable bonds is 2. The average Bonchev–Trinajstić information content (AvgIpc) is 2.68. The van der Waals surface area contributed by atoms with Crippen LogP contribution in [0.15, 0.2) is 24.3 Å². The zero-order valence-electron chi connectivity index (χ0n) is 10.9. The van der Waals surface area contributed by atoms with Gasteiger partial charge in [0, 0.05) is 29.2 Å². The number of nitrogens with zero attached hydrogens (tertiary/aromatic N) is 1. The van der Waals surface area contributed by atoms with Crippen LogP contribution >= 0.6 is 0 Å². The number of carbonyl (C=O) groups is 1. The van der Waals surface area contributed by atoms with Gasteiger partial charge in [-0.1, -0.05) is 28.2 Å². The Morgan fingerprint density at radius 3 is 2.39 bits per heavy atom. The molecule has 2 aromatic rings. The van der Waals surface area contributed by atoms with Gasteiger partial charge in [-0.2, -0.15) is 0 Å². The van der Waals surface area contributed by atoms with Gasteiger partial charge in [-0.05, 0) is 30.7 Å². The molecule has 0 aliphatic carbocycles. The molecule has 1 aromatic heterocycles. The first-order valence-electron chi connectivity index (χ1n) is 6.01. The highest BCUT2D eigenvalue weighted by Crippen LogP contribution is 2.20. The summed E-state index contributed by atoms with van der Waals surface area (Å²) in [6.07, 6.45) is 0.983. The first-order valence-corrected chi connectivity index (χ1v) is 6.01. The first-order chi connectivity index (χ1) is 8.13. The highest BCUT2D eigenvalue weighted by molar-refractivity contribution is 5.97. The molecule has 100 valence electrons. The zero-order chi connectivity index (χ0) is 13.0. The van der Waals surface area contributed by atoms with Crippen molar-refractivity contribution in [3.05, 3.63) is 35.5 Å². The number of nitrogens with two attached hydrogens (primary N) is 1. The van der Waals surface area contributed by atoms with Crippen molar-refractivity contribution < 1.29 is 4.79 Å². The quantitative estimate of drug-likeness (QED) is 0.868. The number of hydrogen-bond acceptors (Lipinski definition) is 1. The Balaban J connectivity index is 0.000000917. The maximum absolute atomic E-state index is 11.0. The smallest absolute Gasteiger partial charge is 0.248 e. The van der Waals surface area contributed by atoms with Crippen molar-refractivity contribution in [2.24, 2.45) is 12.8 Å². The van der Waals surface area contributed by atoms with E-state index >= 15 is 0 Å². The summed E-state index contributed by atoms with van der Waals surface area (Å²) in [6, 6.07) is 7.65. The van der Waals surface area contributed by atoms with E-state index in [9.17, 15) is 4.79 Å². The standard InChI is InChI=1S/C12H14N2O.C2H6.CH4/c1-3-10-7-9-6-8(12(13)15)4-5-11(9)14(10)2;1-2;/h4-7H,3H2,1-2H3,(H2,13,15);1-2H3;1H4. The summed E-state index contributed by atoms with van der Waals surface area (Å²) in [5.41, 5.74) is 8.19. The molecule has 0 aliphatic rings. The lowest BCUT2D eigenvalue weighted by Gasteiger charge is -2.00. The molecule has 1 heterocycles. The van der Waals surface area contributed by atoms with E-state index in [1.807, 2.05) is 33.0 Å². The summed E-state index contributed by atoms with van der Waals surface area (Å²) in [6.45, 7) is 6.11. The highest BCUT2D eigenvalue weighted by atomic mass is 16.1. The number of carbonyl (C=O) groups excluding carboxylic acids is 1. The Morgan fingerprint density at radius 1 is 1.28 bits per heavy atom. The SMILES string of the molecule is C.CC.CCc1cc2cc(C(N)=O)ccc2n1C. The van der Waals surface area contributed by atoms with E-state index in [1.54, 1.807) is 6.07 Å². The molecule has 0 fully saturated rings. The van der Waals surface area contributed by atoms with Crippen LogP contribution in [-0.2, 0) is 13.5 Å². The summed E-state index contributed by atoms with van der Waals surface area (Å²) in [5.74, 6) is -0.376. The third kappa shape index (κ3) is 2.92. The second kappa shape index (κ2) is 6.84. The Kier molecular flexibility index (Phi) is 6.17. The van der Waals surface area contributed by atoms with Gasteiger partial charge in [-0.3, -0.25) is 4.79 Å². The largest absolute Gasteiger partial charge is 0.366 e. The van der Waals surface area contributed by atoms with E-state index in [4.69, 9.17) is 5.73 Å². The Morgan fingerprint density at radius 2 is 1.89 bits per heavy atom. The van der Waals surface area contributed by atoms with Crippen LogP contribution in [0.4, 0.5) is 0 Å². The molecule has 0 spiro atoms. The topological polar surface area (TPSA) is 48.0 Å². The molecule has 0 radical (unpaired) electrons. The minimum atomic E-state index is -0.376. The third-order valence-electron chi connectivity index (χ3n) is 2.79. The Labute approximate surface area is 110 Å². The fraction of sp³-hybridized carbons (Fsp3) is 0.400. The molecule has 0 aliphatic heterocycles. The Bertz CT molecular complexity index is 527. The molecule has 1 amide bonds. The molecule has 0 saturated carbocycles. The molecule has 18 heavy (non-hydrogen) atoms. The van der Waals surface area contributed by atoms with E-state index in [2.05, 4.69) is 17.6 Å². The van der Waals surface area contributed by atoms with Gasteiger partial charge in [0.15, 0.2) is 0 Å². The van der Waals surface area contributed by atoms with Crippen molar-refractivity contribution in [1.82, 2.24) is 4.57 Å². The van der Waals surface area contributed by atoms with Crippen LogP contribution in [0.3, 0.4) is 0 Å². The van der Waals surface area contributed by atoms with Gasteiger partial charge in [0.1, 0.15) is 0 Å². The molecule has 2 N–H and O–H groups in total. The van der Waals surface area contributed by atoms with E-state index < -0.39 is 0 Å². The molecule has 1 aromatic carbocycles. The molecular formula is C15H24N2O. The summed E-state index contributed by atoms with van der Waals surface area (Å²) < 4.78 is 2.14. The number of aromatic nitrogens is 1. The molecule has 0 atom stereocenters. The van der Waals surface area contributed by atoms with E-state index in [0.717, 1.165) is 17.3 Å². The number of aryl methyl sites for hydroxylation is 2. The van der Waals surface area contributed by atoms with Gasteiger partial charge in [0.25, 0.3) is 0 Å². The number of primary amides is 1. The fourth-order valence-electron chi connectivity index (χ4n) is 1.90. The Hall–Kier alpha value is -1.77. The number of fused-ring (bicyclic) bond motifs is 1. The van der Waals surface area contributed by atoms with Crippen molar-refractivity contribution in [1.29, 1.82) is 0 Å². The molecular weight excluding hydrogens is 224 g/mol. The second-order valence-corrected chi connectivity index (χ2v) is 3.69. The van der Waals surface area contributed by atoms with Gasteiger partial charge in [0.2, 0.25) is 5.91 Å². The number of amides is 1. The maximum Gasteiger partial charge on any atom is 0.248 e. The van der Waals surface area contributed by atoms with Crippen molar-refractivity contribution in [3.8, 4) is 0 Å². The zero-order valence-corrected chi connectivity index (χ0v) is 10.9. The van der Waals surface area contributed by atoms with Gasteiger partial charge in [-0.15, -0.1) is 0 Å². The van der Waals surface area contributed by atoms with Crippen molar-refractivity contribution >= 4 is 16.8 Å². The average molecular weight is 248 g/mol. The van der Waals surface area contributed by atoms with Crippen LogP contribution in [0.2, 0.25) is 0 Å². The minimum absolute atomic E-state index is 0. The molecule has 0 bridgehead atoms. The lowest BCUT2D eigenvalue weighted by atomic mass is 10.1. The van der Waals surface area contributed by atoms with Crippen molar-refractivity contribution in [2.75, 3.05) is 0 Å². The van der Waals surface area contributed by atoms with Gasteiger partial charge >= 0.3 is 0 Å². The third-order valence-corrected chi connectivity index (χ3v) is 2.79.